The largest absolute Gasteiger partial charge is 0.399 e. The summed E-state index contributed by atoms with van der Waals surface area (Å²) in [5, 5.41) is 0. The molecule has 0 unspecified atom stereocenters. The molecular weight excluding hydrogens is 258 g/mol. The topological polar surface area (TPSA) is 78.1 Å². The van der Waals surface area contributed by atoms with E-state index in [2.05, 4.69) is 0 Å². The molecule has 3 aromatic rings. The molecule has 21 heavy (non-hydrogen) atoms. The van der Waals surface area contributed by atoms with E-state index in [-0.39, 0.29) is 0 Å². The second-order valence-corrected chi connectivity index (χ2v) is 4.98. The first-order valence-electron chi connectivity index (χ1n) is 6.76. The van der Waals surface area contributed by atoms with E-state index in [1.54, 1.807) is 0 Å². The van der Waals surface area contributed by atoms with Crippen molar-refractivity contribution in [2.75, 3.05) is 17.2 Å². The summed E-state index contributed by atoms with van der Waals surface area (Å²) in [6.07, 6.45) is 0. The van der Waals surface area contributed by atoms with Crippen molar-refractivity contribution >= 4 is 17.1 Å². The van der Waals surface area contributed by atoms with Crippen molar-refractivity contribution in [2.24, 2.45) is 0 Å². The Morgan fingerprint density at radius 3 is 1.90 bits per heavy atom. The predicted octanol–water partition coefficient (Wildman–Crippen LogP) is 3.77. The molecule has 0 radical (unpaired) electrons. The number of rotatable bonds is 2. The highest BCUT2D eigenvalue weighted by Gasteiger charge is 2.12. The SMILES string of the molecule is Nc1ccc(-c2ccc(N)c(N)c2-c2ccccc2)cc1. The Bertz CT molecular complexity index is 762. The van der Waals surface area contributed by atoms with Gasteiger partial charge >= 0.3 is 0 Å². The summed E-state index contributed by atoms with van der Waals surface area (Å²) in [7, 11) is 0. The normalized spacial score (nSPS) is 10.5. The molecule has 0 saturated carbocycles. The Balaban J connectivity index is 2.26. The number of nitrogen functional groups attached to an aromatic ring is 3. The summed E-state index contributed by atoms with van der Waals surface area (Å²) in [6, 6.07) is 21.6. The molecule has 0 aliphatic rings. The molecule has 0 amide bonds. The van der Waals surface area contributed by atoms with Gasteiger partial charge in [-0.1, -0.05) is 48.5 Å². The number of hydrogen-bond donors (Lipinski definition) is 3. The lowest BCUT2D eigenvalue weighted by molar-refractivity contribution is 1.57. The lowest BCUT2D eigenvalue weighted by atomic mass is 9.92. The van der Waals surface area contributed by atoms with Crippen LogP contribution in [0.15, 0.2) is 66.7 Å². The first kappa shape index (κ1) is 13.1. The molecule has 104 valence electrons. The van der Waals surface area contributed by atoms with Crippen molar-refractivity contribution in [3.8, 4) is 22.3 Å². The molecule has 0 saturated heterocycles. The molecule has 3 nitrogen and oxygen atoms in total. The second kappa shape index (κ2) is 5.21. The van der Waals surface area contributed by atoms with E-state index in [9.17, 15) is 0 Å². The van der Waals surface area contributed by atoms with Crippen molar-refractivity contribution in [2.45, 2.75) is 0 Å². The summed E-state index contributed by atoms with van der Waals surface area (Å²) in [5.74, 6) is 0. The third kappa shape index (κ3) is 2.41. The number of benzene rings is 3. The van der Waals surface area contributed by atoms with Crippen LogP contribution in [0.2, 0.25) is 0 Å². The minimum atomic E-state index is 0.591. The van der Waals surface area contributed by atoms with Crippen molar-refractivity contribution in [1.29, 1.82) is 0 Å². The van der Waals surface area contributed by atoms with Crippen LogP contribution in [0.4, 0.5) is 17.1 Å². The van der Waals surface area contributed by atoms with Crippen molar-refractivity contribution in [3.63, 3.8) is 0 Å². The van der Waals surface area contributed by atoms with Crippen LogP contribution in [0.1, 0.15) is 0 Å². The average molecular weight is 275 g/mol. The van der Waals surface area contributed by atoms with Crippen LogP contribution in [0.3, 0.4) is 0 Å². The van der Waals surface area contributed by atoms with E-state index in [4.69, 9.17) is 17.2 Å². The molecule has 3 heteroatoms. The average Bonchev–Trinajstić information content (AvgIpc) is 2.52. The van der Waals surface area contributed by atoms with Gasteiger partial charge in [0.05, 0.1) is 11.4 Å². The van der Waals surface area contributed by atoms with E-state index < -0.39 is 0 Å². The second-order valence-electron chi connectivity index (χ2n) is 4.98. The van der Waals surface area contributed by atoms with Crippen molar-refractivity contribution < 1.29 is 0 Å². The molecule has 0 fully saturated rings. The summed E-state index contributed by atoms with van der Waals surface area (Å²) < 4.78 is 0. The molecule has 0 bridgehead atoms. The Hall–Kier alpha value is -2.94. The fraction of sp³-hybridized carbons (Fsp3) is 0. The molecular formula is C18H17N3. The smallest absolute Gasteiger partial charge is 0.0633 e. The monoisotopic (exact) mass is 275 g/mol. The minimum Gasteiger partial charge on any atom is -0.399 e. The van der Waals surface area contributed by atoms with Gasteiger partial charge in [-0.3, -0.25) is 0 Å². The minimum absolute atomic E-state index is 0.591. The van der Waals surface area contributed by atoms with Gasteiger partial charge in [0, 0.05) is 11.3 Å². The quantitative estimate of drug-likeness (QED) is 0.623. The van der Waals surface area contributed by atoms with E-state index >= 15 is 0 Å². The van der Waals surface area contributed by atoms with Gasteiger partial charge in [0.25, 0.3) is 0 Å². The third-order valence-corrected chi connectivity index (χ3v) is 3.56. The van der Waals surface area contributed by atoms with Crippen LogP contribution in [-0.2, 0) is 0 Å². The van der Waals surface area contributed by atoms with Crippen LogP contribution >= 0.6 is 0 Å². The zero-order valence-corrected chi connectivity index (χ0v) is 11.6. The first-order valence-corrected chi connectivity index (χ1v) is 6.76. The van der Waals surface area contributed by atoms with Gasteiger partial charge in [0.15, 0.2) is 0 Å². The standard InChI is InChI=1S/C18H17N3/c19-14-8-6-12(7-9-14)15-10-11-16(20)18(21)17(15)13-4-2-1-3-5-13/h1-11H,19-21H2. The van der Waals surface area contributed by atoms with Crippen molar-refractivity contribution in [3.05, 3.63) is 66.7 Å². The van der Waals surface area contributed by atoms with Gasteiger partial charge in [-0.05, 0) is 34.9 Å². The third-order valence-electron chi connectivity index (χ3n) is 3.56. The van der Waals surface area contributed by atoms with Crippen LogP contribution in [0.5, 0.6) is 0 Å². The van der Waals surface area contributed by atoms with Crippen LogP contribution in [-0.4, -0.2) is 0 Å². The van der Waals surface area contributed by atoms with E-state index in [0.717, 1.165) is 27.9 Å². The molecule has 0 spiro atoms. The van der Waals surface area contributed by atoms with Gasteiger partial charge in [-0.2, -0.15) is 0 Å². The number of hydrogen-bond acceptors (Lipinski definition) is 3. The molecule has 0 heterocycles. The zero-order chi connectivity index (χ0) is 14.8. The molecule has 0 aliphatic heterocycles. The molecule has 3 aromatic carbocycles. The van der Waals surface area contributed by atoms with E-state index in [1.807, 2.05) is 66.7 Å². The molecule has 0 atom stereocenters. The van der Waals surface area contributed by atoms with Gasteiger partial charge in [-0.25, -0.2) is 0 Å². The predicted molar refractivity (Wildman–Crippen MR) is 90.6 cm³/mol. The Morgan fingerprint density at radius 1 is 0.571 bits per heavy atom. The Kier molecular flexibility index (Phi) is 3.24. The van der Waals surface area contributed by atoms with E-state index in [0.29, 0.717) is 11.4 Å². The fourth-order valence-electron chi connectivity index (χ4n) is 2.45. The zero-order valence-electron chi connectivity index (χ0n) is 11.6. The van der Waals surface area contributed by atoms with Crippen LogP contribution in [0.25, 0.3) is 22.3 Å². The fourth-order valence-corrected chi connectivity index (χ4v) is 2.45. The summed E-state index contributed by atoms with van der Waals surface area (Å²) >= 11 is 0. The maximum atomic E-state index is 6.23. The maximum Gasteiger partial charge on any atom is 0.0633 e. The van der Waals surface area contributed by atoms with Gasteiger partial charge < -0.3 is 17.2 Å². The van der Waals surface area contributed by atoms with Gasteiger partial charge in [-0.15, -0.1) is 0 Å². The molecule has 3 rings (SSSR count). The van der Waals surface area contributed by atoms with E-state index in [1.165, 1.54) is 0 Å². The highest BCUT2D eigenvalue weighted by Crippen LogP contribution is 2.39. The number of anilines is 3. The van der Waals surface area contributed by atoms with Gasteiger partial charge in [0.2, 0.25) is 0 Å². The van der Waals surface area contributed by atoms with Crippen molar-refractivity contribution in [1.82, 2.24) is 0 Å². The molecule has 0 aromatic heterocycles. The summed E-state index contributed by atoms with van der Waals surface area (Å²) in [4.78, 5) is 0. The molecule has 0 aliphatic carbocycles. The van der Waals surface area contributed by atoms with Crippen LogP contribution < -0.4 is 17.2 Å². The highest BCUT2D eigenvalue weighted by molar-refractivity contribution is 5.95. The number of nitrogens with two attached hydrogens (primary N) is 3. The lowest BCUT2D eigenvalue weighted by Gasteiger charge is -2.15. The lowest BCUT2D eigenvalue weighted by Crippen LogP contribution is -1.99. The van der Waals surface area contributed by atoms with Crippen LogP contribution in [0, 0.1) is 0 Å². The maximum absolute atomic E-state index is 6.23. The first-order chi connectivity index (χ1) is 10.2. The Labute approximate surface area is 124 Å². The summed E-state index contributed by atoms with van der Waals surface area (Å²) in [6.45, 7) is 0. The van der Waals surface area contributed by atoms with Gasteiger partial charge in [0.1, 0.15) is 0 Å². The molecule has 6 N–H and O–H groups in total. The summed E-state index contributed by atoms with van der Waals surface area (Å²) in [5.41, 5.74) is 24.0. The Morgan fingerprint density at radius 2 is 1.24 bits per heavy atom. The highest BCUT2D eigenvalue weighted by atomic mass is 14.7.